The van der Waals surface area contributed by atoms with Crippen LogP contribution in [0.4, 0.5) is 4.39 Å². The number of aromatic nitrogens is 2. The third-order valence-electron chi connectivity index (χ3n) is 2.96. The molecular formula is C14H8Cl2FN3. The van der Waals surface area contributed by atoms with Gasteiger partial charge in [0, 0.05) is 24.2 Å². The van der Waals surface area contributed by atoms with Crippen molar-refractivity contribution >= 4 is 34.6 Å². The number of fused-ring (bicyclic) bond motifs is 1. The fraction of sp³-hybridized carbons (Fsp3) is 0. The minimum Gasteiger partial charge on any atom is -0.306 e. The van der Waals surface area contributed by atoms with E-state index in [4.69, 9.17) is 28.6 Å². The van der Waals surface area contributed by atoms with Crippen molar-refractivity contribution in [1.82, 2.24) is 9.38 Å². The summed E-state index contributed by atoms with van der Waals surface area (Å²) in [4.78, 5) is 4.18. The molecule has 0 bridgehead atoms. The van der Waals surface area contributed by atoms with Crippen LogP contribution in [-0.4, -0.2) is 15.1 Å². The quantitative estimate of drug-likeness (QED) is 0.708. The number of nitrogens with zero attached hydrogens (tertiary/aromatic N) is 2. The summed E-state index contributed by atoms with van der Waals surface area (Å²) in [5.74, 6) is -0.458. The van der Waals surface area contributed by atoms with E-state index < -0.39 is 5.82 Å². The summed E-state index contributed by atoms with van der Waals surface area (Å²) in [6.45, 7) is 0. The Morgan fingerprint density at radius 2 is 1.95 bits per heavy atom. The van der Waals surface area contributed by atoms with Crippen LogP contribution >= 0.6 is 23.2 Å². The zero-order chi connectivity index (χ0) is 14.3. The zero-order valence-corrected chi connectivity index (χ0v) is 11.6. The first-order valence-corrected chi connectivity index (χ1v) is 6.49. The highest BCUT2D eigenvalue weighted by Crippen LogP contribution is 2.27. The second-order valence-electron chi connectivity index (χ2n) is 4.20. The van der Waals surface area contributed by atoms with Crippen LogP contribution in [-0.2, 0) is 0 Å². The molecule has 0 atom stereocenters. The molecule has 0 aliphatic heterocycles. The van der Waals surface area contributed by atoms with Gasteiger partial charge in [-0.05, 0) is 24.3 Å². The van der Waals surface area contributed by atoms with Crippen molar-refractivity contribution in [3.05, 3.63) is 69.8 Å². The van der Waals surface area contributed by atoms with Crippen molar-refractivity contribution in [1.29, 1.82) is 5.41 Å². The van der Waals surface area contributed by atoms with E-state index in [1.807, 2.05) is 0 Å². The molecule has 0 fully saturated rings. The average Bonchev–Trinajstić information content (AvgIpc) is 2.89. The second kappa shape index (κ2) is 4.89. The molecule has 2 aromatic heterocycles. The maximum atomic E-state index is 13.4. The standard InChI is InChI=1S/C14H8Cl2FN3/c15-10-2-1-8(17)7-9(10)13(18)12-11(16)3-5-20-6-4-19-14(12)20/h1-7,18H. The van der Waals surface area contributed by atoms with Crippen LogP contribution in [0.25, 0.3) is 5.65 Å². The van der Waals surface area contributed by atoms with Crippen LogP contribution < -0.4 is 0 Å². The average molecular weight is 308 g/mol. The molecule has 20 heavy (non-hydrogen) atoms. The Kier molecular flexibility index (Phi) is 3.20. The third-order valence-corrected chi connectivity index (χ3v) is 3.60. The first-order chi connectivity index (χ1) is 9.58. The molecule has 0 spiro atoms. The van der Waals surface area contributed by atoms with Crippen LogP contribution in [0.15, 0.2) is 42.9 Å². The van der Waals surface area contributed by atoms with E-state index in [0.29, 0.717) is 21.3 Å². The number of rotatable bonds is 2. The van der Waals surface area contributed by atoms with Gasteiger partial charge in [0.05, 0.1) is 21.3 Å². The molecule has 0 radical (unpaired) electrons. The second-order valence-corrected chi connectivity index (χ2v) is 5.01. The molecule has 3 aromatic rings. The number of pyridine rings is 1. The highest BCUT2D eigenvalue weighted by Gasteiger charge is 2.17. The van der Waals surface area contributed by atoms with Gasteiger partial charge >= 0.3 is 0 Å². The van der Waals surface area contributed by atoms with Crippen LogP contribution in [0.3, 0.4) is 0 Å². The molecule has 100 valence electrons. The van der Waals surface area contributed by atoms with E-state index in [2.05, 4.69) is 4.98 Å². The summed E-state index contributed by atoms with van der Waals surface area (Å²) in [5.41, 5.74) is 1.27. The van der Waals surface area contributed by atoms with Gasteiger partial charge in [-0.3, -0.25) is 5.41 Å². The Labute approximate surface area is 124 Å². The Balaban J connectivity index is 2.25. The number of halogens is 3. The van der Waals surface area contributed by atoms with Gasteiger partial charge in [-0.25, -0.2) is 9.37 Å². The van der Waals surface area contributed by atoms with E-state index in [1.54, 1.807) is 29.1 Å². The summed E-state index contributed by atoms with van der Waals surface area (Å²) < 4.78 is 15.1. The number of benzene rings is 1. The lowest BCUT2D eigenvalue weighted by molar-refractivity contribution is 0.627. The predicted molar refractivity (Wildman–Crippen MR) is 77.5 cm³/mol. The van der Waals surface area contributed by atoms with Crippen molar-refractivity contribution in [2.45, 2.75) is 0 Å². The van der Waals surface area contributed by atoms with Gasteiger partial charge in [0.2, 0.25) is 0 Å². The molecule has 1 aromatic carbocycles. The number of hydrogen-bond acceptors (Lipinski definition) is 2. The third kappa shape index (κ3) is 2.07. The van der Waals surface area contributed by atoms with Crippen molar-refractivity contribution in [2.75, 3.05) is 0 Å². The van der Waals surface area contributed by atoms with E-state index in [-0.39, 0.29) is 11.3 Å². The highest BCUT2D eigenvalue weighted by molar-refractivity contribution is 6.39. The SMILES string of the molecule is N=C(c1cc(F)ccc1Cl)c1c(Cl)ccn2ccnc12. The Morgan fingerprint density at radius 3 is 2.75 bits per heavy atom. The molecule has 0 amide bonds. The van der Waals surface area contributed by atoms with E-state index in [1.165, 1.54) is 18.2 Å². The van der Waals surface area contributed by atoms with E-state index in [9.17, 15) is 4.39 Å². The predicted octanol–water partition coefficient (Wildman–Crippen LogP) is 4.20. The minimum absolute atomic E-state index is 0.0382. The van der Waals surface area contributed by atoms with Gasteiger partial charge < -0.3 is 4.40 Å². The molecule has 0 unspecified atom stereocenters. The highest BCUT2D eigenvalue weighted by atomic mass is 35.5. The molecule has 3 rings (SSSR count). The van der Waals surface area contributed by atoms with Gasteiger partial charge in [0.1, 0.15) is 11.5 Å². The van der Waals surface area contributed by atoms with Crippen LogP contribution in [0.5, 0.6) is 0 Å². The molecule has 0 aliphatic carbocycles. The maximum Gasteiger partial charge on any atom is 0.147 e. The van der Waals surface area contributed by atoms with Gasteiger partial charge in [0.15, 0.2) is 0 Å². The first-order valence-electron chi connectivity index (χ1n) is 5.73. The van der Waals surface area contributed by atoms with Crippen LogP contribution in [0.1, 0.15) is 11.1 Å². The lowest BCUT2D eigenvalue weighted by Gasteiger charge is -2.10. The summed E-state index contributed by atoms with van der Waals surface area (Å²) in [6, 6.07) is 5.54. The Hall–Kier alpha value is -1.91. The van der Waals surface area contributed by atoms with Gasteiger partial charge in [-0.15, -0.1) is 0 Å². The van der Waals surface area contributed by atoms with Crippen LogP contribution in [0.2, 0.25) is 10.0 Å². The van der Waals surface area contributed by atoms with Crippen molar-refractivity contribution in [3.63, 3.8) is 0 Å². The molecule has 1 N–H and O–H groups in total. The summed E-state index contributed by atoms with van der Waals surface area (Å²) >= 11 is 12.2. The van der Waals surface area contributed by atoms with Crippen molar-refractivity contribution < 1.29 is 4.39 Å². The Bertz CT molecular complexity index is 826. The summed E-state index contributed by atoms with van der Waals surface area (Å²) in [6.07, 6.45) is 5.10. The largest absolute Gasteiger partial charge is 0.306 e. The first kappa shape index (κ1) is 13.1. The fourth-order valence-electron chi connectivity index (χ4n) is 2.02. The molecule has 6 heteroatoms. The molecule has 2 heterocycles. The molecule has 0 saturated heterocycles. The summed E-state index contributed by atoms with van der Waals surface area (Å²) in [5, 5.41) is 8.94. The summed E-state index contributed by atoms with van der Waals surface area (Å²) in [7, 11) is 0. The smallest absolute Gasteiger partial charge is 0.147 e. The number of hydrogen-bond donors (Lipinski definition) is 1. The minimum atomic E-state index is -0.458. The molecular weight excluding hydrogens is 300 g/mol. The normalized spacial score (nSPS) is 10.9. The van der Waals surface area contributed by atoms with Gasteiger partial charge in [0.25, 0.3) is 0 Å². The van der Waals surface area contributed by atoms with E-state index in [0.717, 1.165) is 0 Å². The lowest BCUT2D eigenvalue weighted by Crippen LogP contribution is -2.06. The zero-order valence-electron chi connectivity index (χ0n) is 10.1. The maximum absolute atomic E-state index is 13.4. The van der Waals surface area contributed by atoms with Crippen LogP contribution in [0, 0.1) is 11.2 Å². The molecule has 0 aliphatic rings. The fourth-order valence-corrected chi connectivity index (χ4v) is 2.47. The van der Waals surface area contributed by atoms with Gasteiger partial charge in [-0.2, -0.15) is 0 Å². The van der Waals surface area contributed by atoms with Gasteiger partial charge in [-0.1, -0.05) is 23.2 Å². The monoisotopic (exact) mass is 307 g/mol. The topological polar surface area (TPSA) is 41.2 Å². The lowest BCUT2D eigenvalue weighted by atomic mass is 10.0. The van der Waals surface area contributed by atoms with Crippen molar-refractivity contribution in [2.24, 2.45) is 0 Å². The molecule has 3 nitrogen and oxygen atoms in total. The number of nitrogens with one attached hydrogen (secondary N) is 1. The van der Waals surface area contributed by atoms with Crippen molar-refractivity contribution in [3.8, 4) is 0 Å². The Morgan fingerprint density at radius 1 is 1.15 bits per heavy atom. The number of imidazole rings is 1. The van der Waals surface area contributed by atoms with E-state index >= 15 is 0 Å². The molecule has 0 saturated carbocycles.